The number of hydrogen-bond acceptors (Lipinski definition) is 3. The van der Waals surface area contributed by atoms with Crippen molar-refractivity contribution in [3.8, 4) is 0 Å². The Morgan fingerprint density at radius 2 is 2.17 bits per heavy atom. The van der Waals surface area contributed by atoms with E-state index in [1.54, 1.807) is 18.9 Å². The Labute approximate surface area is 78.9 Å². The minimum atomic E-state index is -0.374. The topological polar surface area (TPSA) is 58.4 Å². The molecule has 1 aliphatic heterocycles. The van der Waals surface area contributed by atoms with Crippen molar-refractivity contribution in [3.05, 3.63) is 0 Å². The van der Waals surface area contributed by atoms with Crippen LogP contribution in [0.4, 0.5) is 0 Å². The molecular formula is C7H16ClN3O. The van der Waals surface area contributed by atoms with E-state index in [1.165, 1.54) is 0 Å². The minimum absolute atomic E-state index is 0. The molecule has 1 saturated heterocycles. The summed E-state index contributed by atoms with van der Waals surface area (Å²) in [5, 5.41) is 3.10. The van der Waals surface area contributed by atoms with E-state index in [0.717, 1.165) is 13.1 Å². The van der Waals surface area contributed by atoms with E-state index in [2.05, 4.69) is 5.32 Å². The number of halogens is 1. The lowest BCUT2D eigenvalue weighted by Crippen LogP contribution is -2.59. The van der Waals surface area contributed by atoms with Crippen LogP contribution in [0.5, 0.6) is 0 Å². The Hall–Kier alpha value is -0.320. The molecule has 4 nitrogen and oxygen atoms in total. The maximum absolute atomic E-state index is 11.3. The first-order valence-electron chi connectivity index (χ1n) is 3.86. The Kier molecular flexibility index (Phi) is 4.52. The predicted octanol–water partition coefficient (Wildman–Crippen LogP) is -0.814. The first kappa shape index (κ1) is 11.7. The summed E-state index contributed by atoms with van der Waals surface area (Å²) in [6.07, 6.45) is 0. The number of likely N-dealkylation sites (N-methyl/N-ethyl adjacent to an activating group) is 1. The quantitative estimate of drug-likeness (QED) is 0.603. The van der Waals surface area contributed by atoms with Crippen LogP contribution in [-0.2, 0) is 4.79 Å². The largest absolute Gasteiger partial charge is 0.339 e. The molecule has 0 aromatic heterocycles. The summed E-state index contributed by atoms with van der Waals surface area (Å²) in [4.78, 5) is 13.0. The molecule has 1 amide bonds. The molecule has 1 unspecified atom stereocenters. The van der Waals surface area contributed by atoms with Crippen LogP contribution in [0, 0.1) is 0 Å². The van der Waals surface area contributed by atoms with E-state index < -0.39 is 0 Å². The Morgan fingerprint density at radius 1 is 1.67 bits per heavy atom. The van der Waals surface area contributed by atoms with Crippen LogP contribution in [0.3, 0.4) is 0 Å². The Bertz CT molecular complexity index is 159. The minimum Gasteiger partial charge on any atom is -0.339 e. The molecule has 0 bridgehead atoms. The van der Waals surface area contributed by atoms with E-state index in [1.807, 2.05) is 0 Å². The molecule has 1 fully saturated rings. The monoisotopic (exact) mass is 193 g/mol. The lowest BCUT2D eigenvalue weighted by Gasteiger charge is -2.36. The van der Waals surface area contributed by atoms with Gasteiger partial charge >= 0.3 is 0 Å². The fourth-order valence-corrected chi connectivity index (χ4v) is 1.05. The van der Waals surface area contributed by atoms with Crippen LogP contribution in [0.25, 0.3) is 0 Å². The van der Waals surface area contributed by atoms with Crippen molar-refractivity contribution in [2.75, 3.05) is 20.1 Å². The van der Waals surface area contributed by atoms with Crippen LogP contribution in [-0.4, -0.2) is 43.0 Å². The number of carbonyl (C=O) groups excluding carboxylic acids is 1. The number of carbonyl (C=O) groups is 1. The van der Waals surface area contributed by atoms with E-state index in [4.69, 9.17) is 5.73 Å². The third kappa shape index (κ3) is 2.33. The van der Waals surface area contributed by atoms with Crippen molar-refractivity contribution < 1.29 is 4.79 Å². The molecule has 0 aromatic rings. The molecule has 5 heteroatoms. The van der Waals surface area contributed by atoms with Gasteiger partial charge in [0.05, 0.1) is 12.1 Å². The third-order valence-electron chi connectivity index (χ3n) is 2.04. The highest BCUT2D eigenvalue weighted by molar-refractivity contribution is 5.85. The van der Waals surface area contributed by atoms with E-state index in [-0.39, 0.29) is 24.4 Å². The van der Waals surface area contributed by atoms with Gasteiger partial charge in [0.25, 0.3) is 0 Å². The average Bonchev–Trinajstić information content (AvgIpc) is 1.82. The molecule has 1 atom stereocenters. The van der Waals surface area contributed by atoms with Gasteiger partial charge in [0, 0.05) is 20.1 Å². The fourth-order valence-electron chi connectivity index (χ4n) is 1.05. The second-order valence-electron chi connectivity index (χ2n) is 3.05. The van der Waals surface area contributed by atoms with Crippen LogP contribution in [0.1, 0.15) is 6.92 Å². The maximum atomic E-state index is 11.3. The lowest BCUT2D eigenvalue weighted by atomic mass is 10.1. The lowest BCUT2D eigenvalue weighted by molar-refractivity contribution is -0.133. The van der Waals surface area contributed by atoms with Gasteiger partial charge < -0.3 is 16.0 Å². The predicted molar refractivity (Wildman–Crippen MR) is 50.3 cm³/mol. The fraction of sp³-hybridized carbons (Fsp3) is 0.857. The van der Waals surface area contributed by atoms with Gasteiger partial charge in [0.15, 0.2) is 0 Å². The normalized spacial score (nSPS) is 18.9. The van der Waals surface area contributed by atoms with Gasteiger partial charge in [-0.15, -0.1) is 12.4 Å². The summed E-state index contributed by atoms with van der Waals surface area (Å²) in [5.41, 5.74) is 5.44. The molecule has 0 spiro atoms. The molecule has 0 saturated carbocycles. The van der Waals surface area contributed by atoms with Crippen LogP contribution >= 0.6 is 12.4 Å². The molecular weight excluding hydrogens is 178 g/mol. The Morgan fingerprint density at radius 3 is 2.42 bits per heavy atom. The van der Waals surface area contributed by atoms with Crippen LogP contribution in [0.15, 0.2) is 0 Å². The van der Waals surface area contributed by atoms with Crippen molar-refractivity contribution in [2.24, 2.45) is 5.73 Å². The first-order chi connectivity index (χ1) is 5.13. The molecule has 1 aliphatic rings. The summed E-state index contributed by atoms with van der Waals surface area (Å²) in [6.45, 7) is 3.51. The molecule has 0 aliphatic carbocycles. The van der Waals surface area contributed by atoms with Crippen molar-refractivity contribution in [2.45, 2.75) is 19.0 Å². The van der Waals surface area contributed by atoms with Gasteiger partial charge in [-0.05, 0) is 6.92 Å². The van der Waals surface area contributed by atoms with Gasteiger partial charge in [-0.25, -0.2) is 0 Å². The van der Waals surface area contributed by atoms with Crippen LogP contribution < -0.4 is 11.1 Å². The third-order valence-corrected chi connectivity index (χ3v) is 2.04. The molecule has 3 N–H and O–H groups in total. The van der Waals surface area contributed by atoms with Crippen molar-refractivity contribution in [3.63, 3.8) is 0 Å². The smallest absolute Gasteiger partial charge is 0.239 e. The highest BCUT2D eigenvalue weighted by Crippen LogP contribution is 2.02. The zero-order valence-electron chi connectivity index (χ0n) is 7.41. The summed E-state index contributed by atoms with van der Waals surface area (Å²) >= 11 is 0. The van der Waals surface area contributed by atoms with Gasteiger partial charge in [0.1, 0.15) is 0 Å². The van der Waals surface area contributed by atoms with Gasteiger partial charge in [-0.3, -0.25) is 4.79 Å². The Balaban J connectivity index is 0.00000121. The summed E-state index contributed by atoms with van der Waals surface area (Å²) in [5.74, 6) is 0.0245. The molecule has 0 aromatic carbocycles. The second-order valence-corrected chi connectivity index (χ2v) is 3.05. The number of amides is 1. The van der Waals surface area contributed by atoms with Crippen molar-refractivity contribution >= 4 is 18.3 Å². The van der Waals surface area contributed by atoms with Gasteiger partial charge in [-0.1, -0.05) is 0 Å². The van der Waals surface area contributed by atoms with E-state index in [0.29, 0.717) is 6.04 Å². The maximum Gasteiger partial charge on any atom is 0.239 e. The number of nitrogens with one attached hydrogen (secondary N) is 1. The average molecular weight is 194 g/mol. The zero-order valence-corrected chi connectivity index (χ0v) is 8.23. The van der Waals surface area contributed by atoms with Crippen molar-refractivity contribution in [1.29, 1.82) is 0 Å². The van der Waals surface area contributed by atoms with Crippen molar-refractivity contribution in [1.82, 2.24) is 10.2 Å². The first-order valence-corrected chi connectivity index (χ1v) is 3.86. The molecule has 1 heterocycles. The molecule has 12 heavy (non-hydrogen) atoms. The molecule has 0 radical (unpaired) electrons. The number of nitrogens with two attached hydrogens (primary N) is 1. The summed E-state index contributed by atoms with van der Waals surface area (Å²) in [6, 6.07) is -0.0194. The summed E-state index contributed by atoms with van der Waals surface area (Å²) < 4.78 is 0. The second kappa shape index (κ2) is 4.64. The molecule has 72 valence electrons. The molecule has 1 rings (SSSR count). The number of rotatable bonds is 2. The highest BCUT2D eigenvalue weighted by atomic mass is 35.5. The highest BCUT2D eigenvalue weighted by Gasteiger charge is 2.26. The van der Waals surface area contributed by atoms with E-state index >= 15 is 0 Å². The van der Waals surface area contributed by atoms with Gasteiger partial charge in [-0.2, -0.15) is 0 Å². The SMILES string of the molecule is CC(N)C(=O)N(C)C1CNC1.Cl. The number of nitrogens with zero attached hydrogens (tertiary/aromatic N) is 1. The zero-order chi connectivity index (χ0) is 8.43. The summed E-state index contributed by atoms with van der Waals surface area (Å²) in [7, 11) is 1.80. The van der Waals surface area contributed by atoms with Crippen LogP contribution in [0.2, 0.25) is 0 Å². The van der Waals surface area contributed by atoms with Gasteiger partial charge in [0.2, 0.25) is 5.91 Å². The number of hydrogen-bond donors (Lipinski definition) is 2. The van der Waals surface area contributed by atoms with E-state index in [9.17, 15) is 4.79 Å². The standard InChI is InChI=1S/C7H15N3O.ClH/c1-5(8)7(11)10(2)6-3-9-4-6;/h5-6,9H,3-4,8H2,1-2H3;1H.